The molecule has 25 heavy (non-hydrogen) atoms. The number of aromatic amines is 1. The largest absolute Gasteiger partial charge is 0.301 e. The summed E-state index contributed by atoms with van der Waals surface area (Å²) in [6, 6.07) is 6.58. The van der Waals surface area contributed by atoms with E-state index in [-0.39, 0.29) is 43.0 Å². The summed E-state index contributed by atoms with van der Waals surface area (Å²) in [6.45, 7) is 9.00. The minimum absolute atomic E-state index is 0. The zero-order valence-electron chi connectivity index (χ0n) is 14.3. The van der Waals surface area contributed by atoms with Crippen molar-refractivity contribution in [2.45, 2.75) is 13.3 Å². The number of rotatable bonds is 5. The van der Waals surface area contributed by atoms with Gasteiger partial charge in [-0.1, -0.05) is 6.92 Å². The van der Waals surface area contributed by atoms with Crippen molar-refractivity contribution in [3.63, 3.8) is 0 Å². The van der Waals surface area contributed by atoms with E-state index in [4.69, 9.17) is 0 Å². The van der Waals surface area contributed by atoms with Crippen LogP contribution in [0, 0.1) is 5.82 Å². The van der Waals surface area contributed by atoms with Crippen molar-refractivity contribution < 1.29 is 4.39 Å². The second-order valence-corrected chi connectivity index (χ2v) is 5.80. The Labute approximate surface area is 167 Å². The number of H-pyrrole nitrogens is 1. The predicted octanol–water partition coefficient (Wildman–Crippen LogP) is 3.66. The Balaban J connectivity index is 0.00000192. The molecule has 2 aromatic rings. The molecule has 1 saturated heterocycles. The summed E-state index contributed by atoms with van der Waals surface area (Å²) in [6.07, 6.45) is 2.86. The van der Waals surface area contributed by atoms with Gasteiger partial charge in [-0.05, 0) is 42.8 Å². The van der Waals surface area contributed by atoms with Gasteiger partial charge in [-0.15, -0.1) is 37.2 Å². The molecular formula is C17H26Cl3FN4. The number of piperazine rings is 1. The zero-order valence-corrected chi connectivity index (χ0v) is 16.7. The van der Waals surface area contributed by atoms with Crippen molar-refractivity contribution in [2.24, 2.45) is 0 Å². The second-order valence-electron chi connectivity index (χ2n) is 5.80. The van der Waals surface area contributed by atoms with Crippen molar-refractivity contribution in [2.75, 3.05) is 39.3 Å². The van der Waals surface area contributed by atoms with Gasteiger partial charge in [0.1, 0.15) is 5.82 Å². The third kappa shape index (κ3) is 6.42. The molecule has 0 saturated carbocycles. The molecule has 1 aliphatic rings. The van der Waals surface area contributed by atoms with Crippen LogP contribution in [0.5, 0.6) is 0 Å². The van der Waals surface area contributed by atoms with Crippen molar-refractivity contribution in [3.05, 3.63) is 41.8 Å². The first-order chi connectivity index (χ1) is 10.8. The fraction of sp³-hybridized carbons (Fsp3) is 0.471. The number of likely N-dealkylation sites (N-methyl/N-ethyl adjacent to an activating group) is 1. The summed E-state index contributed by atoms with van der Waals surface area (Å²) in [4.78, 5) is 4.99. The fourth-order valence-corrected chi connectivity index (χ4v) is 2.97. The number of hydrogen-bond donors (Lipinski definition) is 1. The Kier molecular flexibility index (Phi) is 11.3. The van der Waals surface area contributed by atoms with Gasteiger partial charge in [0, 0.05) is 38.3 Å². The van der Waals surface area contributed by atoms with E-state index < -0.39 is 0 Å². The highest BCUT2D eigenvalue weighted by Crippen LogP contribution is 2.22. The van der Waals surface area contributed by atoms with Crippen LogP contribution in [0.25, 0.3) is 11.3 Å². The first-order valence-electron chi connectivity index (χ1n) is 7.99. The summed E-state index contributed by atoms with van der Waals surface area (Å²) in [7, 11) is 0. The normalized spacial score (nSPS) is 15.0. The van der Waals surface area contributed by atoms with Crippen LogP contribution in [0.3, 0.4) is 0 Å². The number of halogens is 4. The lowest BCUT2D eigenvalue weighted by atomic mass is 10.1. The quantitative estimate of drug-likeness (QED) is 0.815. The molecule has 0 amide bonds. The summed E-state index contributed by atoms with van der Waals surface area (Å²) in [5.74, 6) is -0.210. The molecule has 4 nitrogen and oxygen atoms in total. The average Bonchev–Trinajstić information content (AvgIpc) is 3.02. The van der Waals surface area contributed by atoms with E-state index in [0.717, 1.165) is 56.9 Å². The van der Waals surface area contributed by atoms with Crippen LogP contribution in [-0.2, 0) is 6.42 Å². The Bertz CT molecular complexity index is 598. The number of benzene rings is 1. The van der Waals surface area contributed by atoms with Gasteiger partial charge in [0.15, 0.2) is 0 Å². The molecule has 3 rings (SSSR count). The Morgan fingerprint density at radius 1 is 1.00 bits per heavy atom. The number of nitrogens with zero attached hydrogens (tertiary/aromatic N) is 3. The first-order valence-corrected chi connectivity index (χ1v) is 7.99. The van der Waals surface area contributed by atoms with E-state index in [2.05, 4.69) is 26.9 Å². The molecule has 1 aliphatic heterocycles. The van der Waals surface area contributed by atoms with Crippen LogP contribution in [0.2, 0.25) is 0 Å². The molecule has 0 radical (unpaired) electrons. The second kappa shape index (κ2) is 11.7. The molecule has 8 heteroatoms. The summed E-state index contributed by atoms with van der Waals surface area (Å²) >= 11 is 0. The van der Waals surface area contributed by atoms with Gasteiger partial charge in [0.05, 0.1) is 11.9 Å². The molecule has 1 aromatic carbocycles. The minimum Gasteiger partial charge on any atom is -0.301 e. The Morgan fingerprint density at radius 3 is 2.20 bits per heavy atom. The highest BCUT2D eigenvalue weighted by molar-refractivity contribution is 5.86. The molecule has 142 valence electrons. The summed E-state index contributed by atoms with van der Waals surface area (Å²) in [5.41, 5.74) is 3.20. The maximum atomic E-state index is 13.0. The monoisotopic (exact) mass is 410 g/mol. The Hall–Kier alpha value is -0.850. The van der Waals surface area contributed by atoms with Gasteiger partial charge in [-0.25, -0.2) is 4.39 Å². The third-order valence-corrected chi connectivity index (χ3v) is 4.46. The highest BCUT2D eigenvalue weighted by Gasteiger charge is 2.16. The van der Waals surface area contributed by atoms with Gasteiger partial charge < -0.3 is 9.80 Å². The SMILES string of the molecule is CCN1CCN(CCc2cn[nH]c2-c2ccc(F)cc2)CC1.Cl.Cl.Cl. The van der Waals surface area contributed by atoms with Crippen molar-refractivity contribution in [1.29, 1.82) is 0 Å². The molecule has 2 heterocycles. The smallest absolute Gasteiger partial charge is 0.123 e. The maximum absolute atomic E-state index is 13.0. The molecular weight excluding hydrogens is 386 g/mol. The van der Waals surface area contributed by atoms with E-state index in [1.54, 1.807) is 12.1 Å². The van der Waals surface area contributed by atoms with Crippen LogP contribution >= 0.6 is 37.2 Å². The lowest BCUT2D eigenvalue weighted by Crippen LogP contribution is -2.46. The first kappa shape index (κ1) is 24.1. The number of nitrogens with one attached hydrogen (secondary N) is 1. The molecule has 1 aromatic heterocycles. The van der Waals surface area contributed by atoms with E-state index in [1.165, 1.54) is 17.7 Å². The molecule has 0 atom stereocenters. The molecule has 1 N–H and O–H groups in total. The summed E-state index contributed by atoms with van der Waals surface area (Å²) in [5, 5.41) is 7.21. The van der Waals surface area contributed by atoms with E-state index >= 15 is 0 Å². The standard InChI is InChI=1S/C17H23FN4.3ClH/c1-2-21-9-11-22(12-10-21)8-7-15-13-19-20-17(15)14-3-5-16(18)6-4-14;;;/h3-6,13H,2,7-12H2,1H3,(H,19,20);3*1H. The van der Waals surface area contributed by atoms with Crippen LogP contribution in [0.15, 0.2) is 30.5 Å². The topological polar surface area (TPSA) is 35.2 Å². The average molecular weight is 412 g/mol. The highest BCUT2D eigenvalue weighted by atomic mass is 35.5. The van der Waals surface area contributed by atoms with Crippen molar-refractivity contribution >= 4 is 37.2 Å². The van der Waals surface area contributed by atoms with Gasteiger partial charge in [-0.2, -0.15) is 5.10 Å². The zero-order chi connectivity index (χ0) is 15.4. The Morgan fingerprint density at radius 2 is 1.60 bits per heavy atom. The van der Waals surface area contributed by atoms with E-state index in [1.807, 2.05) is 6.20 Å². The van der Waals surface area contributed by atoms with Gasteiger partial charge in [-0.3, -0.25) is 5.10 Å². The molecule has 0 spiro atoms. The van der Waals surface area contributed by atoms with Crippen LogP contribution in [0.4, 0.5) is 4.39 Å². The van der Waals surface area contributed by atoms with Crippen LogP contribution in [-0.4, -0.2) is 59.3 Å². The van der Waals surface area contributed by atoms with E-state index in [0.29, 0.717) is 0 Å². The van der Waals surface area contributed by atoms with Crippen molar-refractivity contribution in [1.82, 2.24) is 20.0 Å². The molecule has 0 unspecified atom stereocenters. The van der Waals surface area contributed by atoms with Gasteiger partial charge >= 0.3 is 0 Å². The lowest BCUT2D eigenvalue weighted by molar-refractivity contribution is 0.138. The van der Waals surface area contributed by atoms with Gasteiger partial charge in [0.2, 0.25) is 0 Å². The number of hydrogen-bond acceptors (Lipinski definition) is 3. The molecule has 0 bridgehead atoms. The molecule has 0 aliphatic carbocycles. The van der Waals surface area contributed by atoms with Crippen molar-refractivity contribution in [3.8, 4) is 11.3 Å². The third-order valence-electron chi connectivity index (χ3n) is 4.46. The summed E-state index contributed by atoms with van der Waals surface area (Å²) < 4.78 is 13.0. The fourth-order valence-electron chi connectivity index (χ4n) is 2.97. The van der Waals surface area contributed by atoms with Crippen LogP contribution < -0.4 is 0 Å². The number of aromatic nitrogens is 2. The maximum Gasteiger partial charge on any atom is 0.123 e. The minimum atomic E-state index is -0.210. The van der Waals surface area contributed by atoms with E-state index in [9.17, 15) is 4.39 Å². The van der Waals surface area contributed by atoms with Gasteiger partial charge in [0.25, 0.3) is 0 Å². The predicted molar refractivity (Wildman–Crippen MR) is 108 cm³/mol. The molecule has 1 fully saturated rings. The lowest BCUT2D eigenvalue weighted by Gasteiger charge is -2.33. The van der Waals surface area contributed by atoms with Crippen LogP contribution in [0.1, 0.15) is 12.5 Å².